The number of benzene rings is 2. The Morgan fingerprint density at radius 1 is 1.20 bits per heavy atom. The summed E-state index contributed by atoms with van der Waals surface area (Å²) in [5, 5.41) is 0.638. The second-order valence-corrected chi connectivity index (χ2v) is 5.15. The molecule has 0 heterocycles. The number of anilines is 1. The quantitative estimate of drug-likeness (QED) is 0.680. The molecule has 0 saturated carbocycles. The first kappa shape index (κ1) is 14.4. The Morgan fingerprint density at radius 2 is 1.90 bits per heavy atom. The van der Waals surface area contributed by atoms with Gasteiger partial charge in [-0.1, -0.05) is 41.9 Å². The Hall–Kier alpha value is -2.06. The van der Waals surface area contributed by atoms with Crippen LogP contribution in [0.4, 0.5) is 5.69 Å². The molecule has 102 valence electrons. The average Bonchev–Trinajstić information content (AvgIpc) is 2.41. The highest BCUT2D eigenvalue weighted by molar-refractivity contribution is 6.31. The molecule has 0 aliphatic carbocycles. The third kappa shape index (κ3) is 3.97. The molecule has 2 aromatic rings. The van der Waals surface area contributed by atoms with Crippen LogP contribution >= 0.6 is 11.6 Å². The van der Waals surface area contributed by atoms with E-state index in [2.05, 4.69) is 0 Å². The number of carbonyl (C=O) groups is 1. The molecule has 0 radical (unpaired) electrons. The number of nitrogens with two attached hydrogens (primary N) is 1. The minimum Gasteiger partial charge on any atom is -0.399 e. The Balaban J connectivity index is 2.03. The van der Waals surface area contributed by atoms with E-state index in [0.717, 1.165) is 16.7 Å². The molecule has 2 aromatic carbocycles. The van der Waals surface area contributed by atoms with Crippen molar-refractivity contribution in [2.45, 2.75) is 13.3 Å². The van der Waals surface area contributed by atoms with Gasteiger partial charge >= 0.3 is 0 Å². The Bertz CT molecular complexity index is 645. The SMILES string of the molecule is Cc1ccc(CC(=O)/C=C/c2ccc(N)cc2)c(Cl)c1. The van der Waals surface area contributed by atoms with Gasteiger partial charge in [-0.25, -0.2) is 0 Å². The lowest BCUT2D eigenvalue weighted by Gasteiger charge is -2.02. The van der Waals surface area contributed by atoms with E-state index in [9.17, 15) is 4.79 Å². The van der Waals surface area contributed by atoms with Gasteiger partial charge in [-0.2, -0.15) is 0 Å². The van der Waals surface area contributed by atoms with Gasteiger partial charge in [0.2, 0.25) is 0 Å². The molecule has 2 rings (SSSR count). The van der Waals surface area contributed by atoms with Crippen molar-refractivity contribution in [1.82, 2.24) is 0 Å². The number of allylic oxidation sites excluding steroid dienone is 1. The first-order chi connectivity index (χ1) is 9.54. The van der Waals surface area contributed by atoms with Crippen LogP contribution in [0, 0.1) is 6.92 Å². The zero-order valence-corrected chi connectivity index (χ0v) is 12.0. The highest BCUT2D eigenvalue weighted by Gasteiger charge is 2.04. The fourth-order valence-electron chi connectivity index (χ4n) is 1.84. The van der Waals surface area contributed by atoms with E-state index in [4.69, 9.17) is 17.3 Å². The van der Waals surface area contributed by atoms with Crippen LogP contribution in [0.1, 0.15) is 16.7 Å². The lowest BCUT2D eigenvalue weighted by atomic mass is 10.1. The van der Waals surface area contributed by atoms with Crippen molar-refractivity contribution in [3.8, 4) is 0 Å². The Kier molecular flexibility index (Phi) is 4.59. The van der Waals surface area contributed by atoms with Gasteiger partial charge in [0, 0.05) is 17.1 Å². The number of aryl methyl sites for hydroxylation is 1. The van der Waals surface area contributed by atoms with E-state index in [1.54, 1.807) is 24.3 Å². The fraction of sp³-hybridized carbons (Fsp3) is 0.118. The van der Waals surface area contributed by atoms with Crippen molar-refractivity contribution >= 4 is 29.1 Å². The summed E-state index contributed by atoms with van der Waals surface area (Å²) in [7, 11) is 0. The van der Waals surface area contributed by atoms with Gasteiger partial charge in [-0.3, -0.25) is 4.79 Å². The van der Waals surface area contributed by atoms with Crippen molar-refractivity contribution < 1.29 is 4.79 Å². The molecule has 2 N–H and O–H groups in total. The molecular weight excluding hydrogens is 270 g/mol. The lowest BCUT2D eigenvalue weighted by Crippen LogP contribution is -1.99. The number of rotatable bonds is 4. The molecule has 2 nitrogen and oxygen atoms in total. The highest BCUT2D eigenvalue weighted by atomic mass is 35.5. The van der Waals surface area contributed by atoms with E-state index in [0.29, 0.717) is 17.1 Å². The smallest absolute Gasteiger partial charge is 0.160 e. The van der Waals surface area contributed by atoms with Crippen LogP contribution < -0.4 is 5.73 Å². The average molecular weight is 286 g/mol. The molecule has 0 saturated heterocycles. The second kappa shape index (κ2) is 6.40. The first-order valence-corrected chi connectivity index (χ1v) is 6.74. The molecule has 20 heavy (non-hydrogen) atoms. The predicted molar refractivity (Wildman–Crippen MR) is 84.8 cm³/mol. The molecule has 0 aliphatic rings. The van der Waals surface area contributed by atoms with Crippen molar-refractivity contribution in [3.05, 3.63) is 70.3 Å². The van der Waals surface area contributed by atoms with E-state index in [1.165, 1.54) is 0 Å². The van der Waals surface area contributed by atoms with Crippen LogP contribution in [0.2, 0.25) is 5.02 Å². The summed E-state index contributed by atoms with van der Waals surface area (Å²) in [6.45, 7) is 1.97. The third-order valence-corrected chi connectivity index (χ3v) is 3.32. The van der Waals surface area contributed by atoms with E-state index in [-0.39, 0.29) is 5.78 Å². The zero-order chi connectivity index (χ0) is 14.5. The van der Waals surface area contributed by atoms with Crippen LogP contribution in [0.15, 0.2) is 48.5 Å². The number of carbonyl (C=O) groups excluding carboxylic acids is 1. The van der Waals surface area contributed by atoms with Gasteiger partial charge < -0.3 is 5.73 Å². The van der Waals surface area contributed by atoms with Crippen LogP contribution in [-0.2, 0) is 11.2 Å². The van der Waals surface area contributed by atoms with Gasteiger partial charge in [-0.15, -0.1) is 0 Å². The number of hydrogen-bond acceptors (Lipinski definition) is 2. The molecule has 0 bridgehead atoms. The predicted octanol–water partition coefficient (Wildman–Crippen LogP) is 4.06. The normalized spacial score (nSPS) is 10.9. The molecule has 0 fully saturated rings. The minimum atomic E-state index is 0.0209. The molecule has 0 spiro atoms. The van der Waals surface area contributed by atoms with Crippen LogP contribution in [0.5, 0.6) is 0 Å². The maximum atomic E-state index is 11.9. The first-order valence-electron chi connectivity index (χ1n) is 6.36. The van der Waals surface area contributed by atoms with Gasteiger partial charge in [0.25, 0.3) is 0 Å². The molecule has 3 heteroatoms. The highest BCUT2D eigenvalue weighted by Crippen LogP contribution is 2.18. The fourth-order valence-corrected chi connectivity index (χ4v) is 2.14. The van der Waals surface area contributed by atoms with Crippen molar-refractivity contribution in [3.63, 3.8) is 0 Å². The maximum absolute atomic E-state index is 11.9. The van der Waals surface area contributed by atoms with Crippen LogP contribution in [0.25, 0.3) is 6.08 Å². The van der Waals surface area contributed by atoms with Crippen LogP contribution in [-0.4, -0.2) is 5.78 Å². The number of ketones is 1. The monoisotopic (exact) mass is 285 g/mol. The standard InChI is InChI=1S/C17H16ClNO/c1-12-2-6-14(17(18)10-12)11-16(20)9-5-13-3-7-15(19)8-4-13/h2-10H,11,19H2,1H3/b9-5+. The molecule has 0 unspecified atom stereocenters. The molecule has 0 aliphatic heterocycles. The Labute approximate surface area is 123 Å². The summed E-state index contributed by atoms with van der Waals surface area (Å²) in [6, 6.07) is 13.1. The zero-order valence-electron chi connectivity index (χ0n) is 11.3. The molecule has 0 amide bonds. The number of nitrogen functional groups attached to an aromatic ring is 1. The van der Waals surface area contributed by atoms with E-state index < -0.39 is 0 Å². The number of hydrogen-bond donors (Lipinski definition) is 1. The van der Waals surface area contributed by atoms with Gasteiger partial charge in [-0.05, 0) is 47.9 Å². The second-order valence-electron chi connectivity index (χ2n) is 4.74. The van der Waals surface area contributed by atoms with Gasteiger partial charge in [0.05, 0.1) is 0 Å². The van der Waals surface area contributed by atoms with Crippen molar-refractivity contribution in [2.24, 2.45) is 0 Å². The minimum absolute atomic E-state index is 0.0209. The summed E-state index contributed by atoms with van der Waals surface area (Å²) >= 11 is 6.12. The summed E-state index contributed by atoms with van der Waals surface area (Å²) in [5.41, 5.74) is 9.20. The largest absolute Gasteiger partial charge is 0.399 e. The number of halogens is 1. The van der Waals surface area contributed by atoms with Gasteiger partial charge in [0.15, 0.2) is 5.78 Å². The Morgan fingerprint density at radius 3 is 2.55 bits per heavy atom. The van der Waals surface area contributed by atoms with Crippen molar-refractivity contribution in [2.75, 3.05) is 5.73 Å². The molecule has 0 atom stereocenters. The summed E-state index contributed by atoms with van der Waals surface area (Å²) < 4.78 is 0. The van der Waals surface area contributed by atoms with Crippen molar-refractivity contribution in [1.29, 1.82) is 0 Å². The molecular formula is C17H16ClNO. The summed E-state index contributed by atoms with van der Waals surface area (Å²) in [4.78, 5) is 11.9. The summed E-state index contributed by atoms with van der Waals surface area (Å²) in [6.07, 6.45) is 3.66. The van der Waals surface area contributed by atoms with Gasteiger partial charge in [0.1, 0.15) is 0 Å². The topological polar surface area (TPSA) is 43.1 Å². The van der Waals surface area contributed by atoms with E-state index in [1.807, 2.05) is 37.3 Å². The lowest BCUT2D eigenvalue weighted by molar-refractivity contribution is -0.113. The van der Waals surface area contributed by atoms with E-state index >= 15 is 0 Å². The maximum Gasteiger partial charge on any atom is 0.160 e. The summed E-state index contributed by atoms with van der Waals surface area (Å²) in [5.74, 6) is 0.0209. The van der Waals surface area contributed by atoms with Crippen LogP contribution in [0.3, 0.4) is 0 Å². The third-order valence-electron chi connectivity index (χ3n) is 2.97. The molecule has 0 aromatic heterocycles.